The van der Waals surface area contributed by atoms with E-state index in [1.165, 1.54) is 22.5 Å². The molecule has 1 aromatic carbocycles. The highest BCUT2D eigenvalue weighted by Gasteiger charge is 2.29. The molecule has 0 spiro atoms. The van der Waals surface area contributed by atoms with Gasteiger partial charge in [0.25, 0.3) is 5.56 Å². The van der Waals surface area contributed by atoms with Crippen LogP contribution in [0.15, 0.2) is 52.4 Å². The highest BCUT2D eigenvalue weighted by atomic mass is 16.2. The number of aryl methyl sites for hydroxylation is 1. The van der Waals surface area contributed by atoms with Gasteiger partial charge in [-0.25, -0.2) is 14.5 Å². The fourth-order valence-electron chi connectivity index (χ4n) is 4.14. The van der Waals surface area contributed by atoms with Crippen LogP contribution in [-0.4, -0.2) is 57.6 Å². The summed E-state index contributed by atoms with van der Waals surface area (Å²) < 4.78 is 5.65. The fourth-order valence-corrected chi connectivity index (χ4v) is 4.14. The first-order valence-corrected chi connectivity index (χ1v) is 10.3. The van der Waals surface area contributed by atoms with E-state index in [4.69, 9.17) is 0 Å². The molecule has 1 aliphatic rings. The number of hydrogen-bond donors (Lipinski definition) is 0. The molecule has 1 saturated heterocycles. The van der Waals surface area contributed by atoms with Crippen molar-refractivity contribution in [2.24, 2.45) is 14.1 Å². The fraction of sp³-hybridized carbons (Fsp3) is 0.333. The summed E-state index contributed by atoms with van der Waals surface area (Å²) in [6.45, 7) is 1.08. The second-order valence-corrected chi connectivity index (χ2v) is 7.98. The van der Waals surface area contributed by atoms with Crippen molar-refractivity contribution in [1.82, 2.24) is 38.6 Å². The third-order valence-electron chi connectivity index (χ3n) is 5.99. The minimum Gasteiger partial charge on any atom is -0.339 e. The first kappa shape index (κ1) is 19.9. The van der Waals surface area contributed by atoms with E-state index in [0.29, 0.717) is 13.1 Å². The van der Waals surface area contributed by atoms with Crippen molar-refractivity contribution in [3.05, 3.63) is 63.7 Å². The van der Waals surface area contributed by atoms with Crippen LogP contribution < -0.4 is 11.2 Å². The lowest BCUT2D eigenvalue weighted by Crippen LogP contribution is -2.38. The number of benzene rings is 1. The van der Waals surface area contributed by atoms with Crippen LogP contribution in [0.4, 0.5) is 0 Å². The first-order valence-electron chi connectivity index (χ1n) is 10.3. The van der Waals surface area contributed by atoms with E-state index < -0.39 is 11.2 Å². The normalized spacial score (nSPS) is 16.2. The molecule has 5 rings (SSSR count). The monoisotopic (exact) mass is 434 g/mol. The third-order valence-corrected chi connectivity index (χ3v) is 5.99. The Balaban J connectivity index is 1.33. The molecule has 164 valence electrons. The molecule has 1 aliphatic heterocycles. The number of rotatable bonds is 4. The van der Waals surface area contributed by atoms with Gasteiger partial charge in [0.2, 0.25) is 5.91 Å². The Kier molecular flexibility index (Phi) is 4.72. The standard InChI is InChI=1S/C21H22N8O3/c1-25-19-18(20(31)26(2)21(25)32)28(13-22-19)12-17(30)27-9-8-15(10-27)29-11-16(23-24-29)14-6-4-3-5-7-14/h3-7,11,13,15H,8-10,12H2,1-2H3. The number of carbonyl (C=O) groups excluding carboxylic acids is 1. The van der Waals surface area contributed by atoms with Gasteiger partial charge >= 0.3 is 5.69 Å². The van der Waals surface area contributed by atoms with Gasteiger partial charge in [-0.1, -0.05) is 35.5 Å². The number of amides is 1. The van der Waals surface area contributed by atoms with E-state index in [2.05, 4.69) is 15.3 Å². The summed E-state index contributed by atoms with van der Waals surface area (Å²) in [5, 5.41) is 8.52. The van der Waals surface area contributed by atoms with Crippen molar-refractivity contribution in [3.8, 4) is 11.3 Å². The van der Waals surface area contributed by atoms with Crippen LogP contribution in [0.1, 0.15) is 12.5 Å². The predicted molar refractivity (Wildman–Crippen MR) is 116 cm³/mol. The molecule has 1 fully saturated rings. The number of imidazole rings is 1. The number of carbonyl (C=O) groups is 1. The van der Waals surface area contributed by atoms with Crippen LogP contribution in [0.3, 0.4) is 0 Å². The van der Waals surface area contributed by atoms with E-state index >= 15 is 0 Å². The van der Waals surface area contributed by atoms with Gasteiger partial charge in [0.1, 0.15) is 12.2 Å². The molecular weight excluding hydrogens is 412 g/mol. The minimum atomic E-state index is -0.469. The topological polar surface area (TPSA) is 113 Å². The van der Waals surface area contributed by atoms with Crippen LogP contribution in [0, 0.1) is 0 Å². The number of hydrogen-bond acceptors (Lipinski definition) is 6. The summed E-state index contributed by atoms with van der Waals surface area (Å²) in [5.74, 6) is -0.119. The van der Waals surface area contributed by atoms with Crippen LogP contribution >= 0.6 is 0 Å². The van der Waals surface area contributed by atoms with Crippen molar-refractivity contribution >= 4 is 17.1 Å². The Morgan fingerprint density at radius 3 is 2.69 bits per heavy atom. The van der Waals surface area contributed by atoms with E-state index in [1.54, 1.807) is 11.9 Å². The van der Waals surface area contributed by atoms with E-state index in [1.807, 2.05) is 41.2 Å². The van der Waals surface area contributed by atoms with Gasteiger partial charge in [-0.2, -0.15) is 0 Å². The van der Waals surface area contributed by atoms with Crippen molar-refractivity contribution in [1.29, 1.82) is 0 Å². The molecule has 0 N–H and O–H groups in total. The Hall–Kier alpha value is -4.02. The van der Waals surface area contributed by atoms with Gasteiger partial charge in [0.15, 0.2) is 11.2 Å². The molecule has 1 atom stereocenters. The van der Waals surface area contributed by atoms with Gasteiger partial charge in [-0.05, 0) is 6.42 Å². The van der Waals surface area contributed by atoms with Crippen LogP contribution in [0.25, 0.3) is 22.4 Å². The number of aromatic nitrogens is 7. The molecular formula is C21H22N8O3. The van der Waals surface area contributed by atoms with Gasteiger partial charge in [-0.3, -0.25) is 18.7 Å². The molecule has 3 aromatic heterocycles. The SMILES string of the molecule is Cn1c(=O)c2c(ncn2CC(=O)N2CCC(n3cc(-c4ccccc4)nn3)C2)n(C)c1=O. The lowest BCUT2D eigenvalue weighted by Gasteiger charge is -2.17. The van der Waals surface area contributed by atoms with E-state index in [-0.39, 0.29) is 29.7 Å². The Morgan fingerprint density at radius 1 is 1.12 bits per heavy atom. The highest BCUT2D eigenvalue weighted by molar-refractivity contribution is 5.79. The molecule has 11 nitrogen and oxygen atoms in total. The van der Waals surface area contributed by atoms with Crippen molar-refractivity contribution in [2.45, 2.75) is 19.0 Å². The quantitative estimate of drug-likeness (QED) is 0.452. The average molecular weight is 434 g/mol. The molecule has 0 saturated carbocycles. The highest BCUT2D eigenvalue weighted by Crippen LogP contribution is 2.24. The molecule has 1 amide bonds. The van der Waals surface area contributed by atoms with Crippen molar-refractivity contribution in [3.63, 3.8) is 0 Å². The molecule has 4 aromatic rings. The van der Waals surface area contributed by atoms with E-state index in [9.17, 15) is 14.4 Å². The Morgan fingerprint density at radius 2 is 1.91 bits per heavy atom. The lowest BCUT2D eigenvalue weighted by molar-refractivity contribution is -0.130. The molecule has 0 bridgehead atoms. The summed E-state index contributed by atoms with van der Waals surface area (Å²) in [7, 11) is 2.96. The second-order valence-electron chi connectivity index (χ2n) is 7.98. The van der Waals surface area contributed by atoms with Crippen molar-refractivity contribution < 1.29 is 4.79 Å². The van der Waals surface area contributed by atoms with Gasteiger partial charge in [-0.15, -0.1) is 5.10 Å². The summed E-state index contributed by atoms with van der Waals surface area (Å²) in [4.78, 5) is 43.6. The molecule has 1 unspecified atom stereocenters. The minimum absolute atomic E-state index is 0.0245. The maximum atomic E-state index is 13.0. The largest absolute Gasteiger partial charge is 0.339 e. The summed E-state index contributed by atoms with van der Waals surface area (Å²) in [5.41, 5.74) is 1.37. The summed E-state index contributed by atoms with van der Waals surface area (Å²) in [6, 6.07) is 9.86. The zero-order chi connectivity index (χ0) is 22.4. The Bertz CT molecular complexity index is 1430. The molecule has 4 heterocycles. The molecule has 32 heavy (non-hydrogen) atoms. The van der Waals surface area contributed by atoms with Crippen LogP contribution in [-0.2, 0) is 25.4 Å². The summed E-state index contributed by atoms with van der Waals surface area (Å²) in [6.07, 6.45) is 4.10. The number of fused-ring (bicyclic) bond motifs is 1. The summed E-state index contributed by atoms with van der Waals surface area (Å²) >= 11 is 0. The number of nitrogens with zero attached hydrogens (tertiary/aromatic N) is 8. The van der Waals surface area contributed by atoms with Gasteiger partial charge in [0, 0.05) is 32.7 Å². The smallest absolute Gasteiger partial charge is 0.332 e. The zero-order valence-corrected chi connectivity index (χ0v) is 17.7. The number of likely N-dealkylation sites (tertiary alicyclic amines) is 1. The average Bonchev–Trinajstić information content (AvgIpc) is 3.56. The van der Waals surface area contributed by atoms with Crippen LogP contribution in [0.2, 0.25) is 0 Å². The molecule has 0 radical (unpaired) electrons. The molecule has 11 heteroatoms. The maximum absolute atomic E-state index is 13.0. The Labute approximate surface area is 182 Å². The molecule has 0 aliphatic carbocycles. The first-order chi connectivity index (χ1) is 15.4. The van der Waals surface area contributed by atoms with E-state index in [0.717, 1.165) is 22.2 Å². The third kappa shape index (κ3) is 3.22. The van der Waals surface area contributed by atoms with Gasteiger partial charge < -0.3 is 9.47 Å². The zero-order valence-electron chi connectivity index (χ0n) is 17.7. The lowest BCUT2D eigenvalue weighted by atomic mass is 10.2. The van der Waals surface area contributed by atoms with Crippen LogP contribution in [0.5, 0.6) is 0 Å². The maximum Gasteiger partial charge on any atom is 0.332 e. The predicted octanol–water partition coefficient (Wildman–Crippen LogP) is 0.166. The second kappa shape index (κ2) is 7.59. The van der Waals surface area contributed by atoms with Crippen molar-refractivity contribution in [2.75, 3.05) is 13.1 Å². The van der Waals surface area contributed by atoms with Gasteiger partial charge in [0.05, 0.1) is 18.6 Å².